The van der Waals surface area contributed by atoms with Crippen LogP contribution >= 0.6 is 22.7 Å². The first-order valence-corrected chi connectivity index (χ1v) is 17.8. The normalized spacial score (nSPS) is 11.6. The Morgan fingerprint density at radius 1 is 0.630 bits per heavy atom. The molecule has 276 valence electrons. The van der Waals surface area contributed by atoms with Crippen LogP contribution in [0.1, 0.15) is 32.3 Å². The van der Waals surface area contributed by atoms with Crippen LogP contribution in [0.15, 0.2) is 60.9 Å². The van der Waals surface area contributed by atoms with Crippen LogP contribution in [-0.2, 0) is 35.5 Å². The van der Waals surface area contributed by atoms with Gasteiger partial charge in [0.25, 0.3) is 0 Å². The molecule has 4 heterocycles. The SMILES string of the molecule is Cc1cccc2c(Cc3nc4c(F)c(F)cc(F)c4s3)cn(CC(=O)O)c12.Cc1cccc2c(Cc3nc4c(F)c(F)cc(F)c4s3)cn(CC(=O)O)c12. The lowest BCUT2D eigenvalue weighted by Crippen LogP contribution is -2.07. The third-order valence-electron chi connectivity index (χ3n) is 8.78. The van der Waals surface area contributed by atoms with E-state index in [1.165, 1.54) is 0 Å². The second kappa shape index (κ2) is 14.2. The van der Waals surface area contributed by atoms with Crippen molar-refractivity contribution in [1.29, 1.82) is 0 Å². The Bertz CT molecular complexity index is 2620. The summed E-state index contributed by atoms with van der Waals surface area (Å²) in [4.78, 5) is 30.5. The Balaban J connectivity index is 0.000000167. The number of hydrogen-bond donors (Lipinski definition) is 2. The molecule has 8 rings (SSSR count). The summed E-state index contributed by atoms with van der Waals surface area (Å²) in [5, 5.41) is 20.8. The molecule has 0 aliphatic rings. The third kappa shape index (κ3) is 6.78. The molecule has 4 aromatic carbocycles. The third-order valence-corrected chi connectivity index (χ3v) is 10.9. The van der Waals surface area contributed by atoms with Crippen molar-refractivity contribution in [2.75, 3.05) is 0 Å². The molecule has 54 heavy (non-hydrogen) atoms. The second-order valence-electron chi connectivity index (χ2n) is 12.5. The minimum absolute atomic E-state index is 0.0330. The maximum atomic E-state index is 13.9. The van der Waals surface area contributed by atoms with E-state index in [0.717, 1.165) is 66.7 Å². The molecule has 0 aliphatic carbocycles. The van der Waals surface area contributed by atoms with Gasteiger partial charge in [0, 0.05) is 48.1 Å². The van der Waals surface area contributed by atoms with Crippen LogP contribution in [0.5, 0.6) is 0 Å². The van der Waals surface area contributed by atoms with Crippen LogP contribution in [0.3, 0.4) is 0 Å². The highest BCUT2D eigenvalue weighted by molar-refractivity contribution is 7.19. The Labute approximate surface area is 309 Å². The predicted molar refractivity (Wildman–Crippen MR) is 193 cm³/mol. The van der Waals surface area contributed by atoms with Crippen molar-refractivity contribution in [3.63, 3.8) is 0 Å². The highest BCUT2D eigenvalue weighted by Crippen LogP contribution is 2.34. The second-order valence-corrected chi connectivity index (χ2v) is 14.7. The first-order valence-electron chi connectivity index (χ1n) is 16.1. The number of para-hydroxylation sites is 2. The van der Waals surface area contributed by atoms with E-state index in [1.807, 2.05) is 50.2 Å². The summed E-state index contributed by atoms with van der Waals surface area (Å²) in [6, 6.07) is 12.3. The van der Waals surface area contributed by atoms with Gasteiger partial charge in [0.05, 0.1) is 30.4 Å². The molecular weight excluding hydrogens is 755 g/mol. The first kappa shape index (κ1) is 36.6. The van der Waals surface area contributed by atoms with Crippen molar-refractivity contribution in [1.82, 2.24) is 19.1 Å². The summed E-state index contributed by atoms with van der Waals surface area (Å²) in [5.41, 5.74) is 4.35. The number of aryl methyl sites for hydroxylation is 2. The number of carboxylic acid groups (broad SMARTS) is 2. The van der Waals surface area contributed by atoms with Crippen molar-refractivity contribution in [2.24, 2.45) is 0 Å². The fourth-order valence-electron chi connectivity index (χ4n) is 6.60. The van der Waals surface area contributed by atoms with E-state index in [1.54, 1.807) is 21.5 Å². The fourth-order valence-corrected chi connectivity index (χ4v) is 8.58. The number of benzene rings is 4. The van der Waals surface area contributed by atoms with Crippen molar-refractivity contribution in [2.45, 2.75) is 39.8 Å². The number of carbonyl (C=O) groups is 2. The monoisotopic (exact) mass is 780 g/mol. The number of aromatic nitrogens is 4. The molecule has 0 aliphatic heterocycles. The van der Waals surface area contributed by atoms with Gasteiger partial charge in [-0.2, -0.15) is 0 Å². The molecule has 0 amide bonds. The quantitative estimate of drug-likeness (QED) is 0.118. The van der Waals surface area contributed by atoms with E-state index in [4.69, 9.17) is 10.2 Å². The Morgan fingerprint density at radius 3 is 1.39 bits per heavy atom. The lowest BCUT2D eigenvalue weighted by atomic mass is 10.1. The summed E-state index contributed by atoms with van der Waals surface area (Å²) in [7, 11) is 0. The number of hydrogen-bond acceptors (Lipinski definition) is 6. The van der Waals surface area contributed by atoms with Gasteiger partial charge in [-0.05, 0) is 36.1 Å². The van der Waals surface area contributed by atoms with Crippen LogP contribution in [0.4, 0.5) is 26.3 Å². The number of fused-ring (bicyclic) bond motifs is 4. The average Bonchev–Trinajstić information content (AvgIpc) is 3.88. The van der Waals surface area contributed by atoms with E-state index in [0.29, 0.717) is 22.1 Å². The molecule has 0 radical (unpaired) electrons. The Hall–Kier alpha value is -5.74. The number of halogens is 6. The number of aliphatic carboxylic acids is 2. The van der Waals surface area contributed by atoms with E-state index < -0.39 is 46.8 Å². The number of carboxylic acids is 2. The van der Waals surface area contributed by atoms with Crippen molar-refractivity contribution >= 4 is 76.9 Å². The van der Waals surface area contributed by atoms with Gasteiger partial charge in [0.15, 0.2) is 23.3 Å². The van der Waals surface area contributed by atoms with E-state index >= 15 is 0 Å². The van der Waals surface area contributed by atoms with E-state index in [2.05, 4.69) is 9.97 Å². The maximum Gasteiger partial charge on any atom is 0.323 e. The molecule has 8 nitrogen and oxygen atoms in total. The highest BCUT2D eigenvalue weighted by atomic mass is 32.1. The van der Waals surface area contributed by atoms with Gasteiger partial charge in [0.2, 0.25) is 0 Å². The van der Waals surface area contributed by atoms with Gasteiger partial charge in [-0.25, -0.2) is 36.3 Å². The largest absolute Gasteiger partial charge is 0.480 e. The summed E-state index contributed by atoms with van der Waals surface area (Å²) in [6.07, 6.45) is 3.94. The number of nitrogens with zero attached hydrogens (tertiary/aromatic N) is 4. The van der Waals surface area contributed by atoms with Crippen LogP contribution < -0.4 is 0 Å². The van der Waals surface area contributed by atoms with Crippen LogP contribution in [0.25, 0.3) is 42.2 Å². The molecule has 2 N–H and O–H groups in total. The zero-order valence-corrected chi connectivity index (χ0v) is 29.8. The topological polar surface area (TPSA) is 110 Å². The lowest BCUT2D eigenvalue weighted by molar-refractivity contribution is -0.138. The predicted octanol–water partition coefficient (Wildman–Crippen LogP) is 9.30. The zero-order valence-electron chi connectivity index (χ0n) is 28.2. The summed E-state index contributed by atoms with van der Waals surface area (Å²) < 4.78 is 85.7. The van der Waals surface area contributed by atoms with Crippen LogP contribution in [0, 0.1) is 48.8 Å². The van der Waals surface area contributed by atoms with E-state index in [9.17, 15) is 35.9 Å². The molecule has 0 saturated carbocycles. The van der Waals surface area contributed by atoms with E-state index in [-0.39, 0.29) is 46.4 Å². The molecule has 0 atom stereocenters. The minimum atomic E-state index is -1.27. The fraction of sp³-hybridized carbons (Fsp3) is 0.158. The molecule has 8 aromatic rings. The summed E-state index contributed by atoms with van der Waals surface area (Å²) in [6.45, 7) is 3.37. The molecular formula is C38H26F6N4O4S2. The molecule has 16 heteroatoms. The van der Waals surface area contributed by atoms with Gasteiger partial charge in [-0.3, -0.25) is 9.59 Å². The minimum Gasteiger partial charge on any atom is -0.480 e. The van der Waals surface area contributed by atoms with Gasteiger partial charge in [-0.15, -0.1) is 22.7 Å². The van der Waals surface area contributed by atoms with Gasteiger partial charge in [0.1, 0.15) is 35.8 Å². The highest BCUT2D eigenvalue weighted by Gasteiger charge is 2.21. The van der Waals surface area contributed by atoms with Crippen LogP contribution in [-0.4, -0.2) is 41.3 Å². The van der Waals surface area contributed by atoms with Gasteiger partial charge < -0.3 is 19.3 Å². The molecule has 0 saturated heterocycles. The van der Waals surface area contributed by atoms with Crippen LogP contribution in [0.2, 0.25) is 0 Å². The smallest absolute Gasteiger partial charge is 0.323 e. The number of rotatable bonds is 8. The van der Waals surface area contributed by atoms with Gasteiger partial charge in [-0.1, -0.05) is 36.4 Å². The lowest BCUT2D eigenvalue weighted by Gasteiger charge is -2.03. The van der Waals surface area contributed by atoms with Crippen molar-refractivity contribution in [3.8, 4) is 0 Å². The van der Waals surface area contributed by atoms with Crippen molar-refractivity contribution in [3.05, 3.63) is 128 Å². The molecule has 0 unspecified atom stereocenters. The molecule has 0 bridgehead atoms. The maximum absolute atomic E-state index is 13.9. The zero-order chi connectivity index (χ0) is 38.6. The first-order chi connectivity index (χ1) is 25.7. The summed E-state index contributed by atoms with van der Waals surface area (Å²) in [5.74, 6) is -8.52. The standard InChI is InChI=1S/2C19H13F3N2O2S/c2*1-9-3-2-4-11-10(7-24(18(9)11)8-15(25)26)5-14-23-17-16(22)12(20)6-13(21)19(17)27-14/h2*2-4,6-7H,5,8H2,1H3,(H,25,26). The summed E-state index contributed by atoms with van der Waals surface area (Å²) >= 11 is 1.92. The molecule has 0 fully saturated rings. The number of thiazole rings is 2. The van der Waals surface area contributed by atoms with Crippen molar-refractivity contribution < 1.29 is 46.1 Å². The Morgan fingerprint density at radius 2 is 1.02 bits per heavy atom. The molecule has 4 aromatic heterocycles. The Kier molecular flexibility index (Phi) is 9.66. The van der Waals surface area contributed by atoms with Gasteiger partial charge >= 0.3 is 11.9 Å². The molecule has 0 spiro atoms. The average molecular weight is 781 g/mol.